The van der Waals surface area contributed by atoms with Gasteiger partial charge in [0.2, 0.25) is 5.91 Å². The lowest BCUT2D eigenvalue weighted by Gasteiger charge is -2.30. The smallest absolute Gasteiger partial charge is 0.321 e. The maximum Gasteiger partial charge on any atom is 0.321 e. The van der Waals surface area contributed by atoms with Crippen molar-refractivity contribution in [3.8, 4) is 0 Å². The summed E-state index contributed by atoms with van der Waals surface area (Å²) in [6, 6.07) is 16.2. The molecule has 4 rings (SSSR count). The highest BCUT2D eigenvalue weighted by atomic mass is 19.3. The summed E-state index contributed by atoms with van der Waals surface area (Å²) >= 11 is 0. The Balaban J connectivity index is 1.70. The third-order valence-electron chi connectivity index (χ3n) is 5.59. The van der Waals surface area contributed by atoms with Crippen molar-refractivity contribution >= 4 is 35.1 Å². The Kier molecular flexibility index (Phi) is 6.36. The van der Waals surface area contributed by atoms with E-state index in [0.717, 1.165) is 11.9 Å². The molecule has 1 aromatic heterocycles. The Bertz CT molecular complexity index is 1200. The zero-order chi connectivity index (χ0) is 24.3. The first-order valence-corrected chi connectivity index (χ1v) is 10.7. The molecule has 7 nitrogen and oxygen atoms in total. The van der Waals surface area contributed by atoms with Gasteiger partial charge in [0.05, 0.1) is 24.0 Å². The van der Waals surface area contributed by atoms with Crippen molar-refractivity contribution in [3.63, 3.8) is 0 Å². The molecule has 2 heterocycles. The fourth-order valence-corrected chi connectivity index (χ4v) is 4.02. The van der Waals surface area contributed by atoms with Gasteiger partial charge in [-0.3, -0.25) is 14.6 Å². The number of hydrogen-bond acceptors (Lipinski definition) is 5. The number of benzene rings is 2. The van der Waals surface area contributed by atoms with Gasteiger partial charge in [-0.15, -0.1) is 0 Å². The van der Waals surface area contributed by atoms with E-state index < -0.39 is 23.9 Å². The second-order valence-electron chi connectivity index (χ2n) is 8.07. The molecule has 3 N–H and O–H groups in total. The molecule has 0 spiro atoms. The molecule has 0 radical (unpaired) electrons. The Hall–Kier alpha value is -4.14. The summed E-state index contributed by atoms with van der Waals surface area (Å²) in [4.78, 5) is 30.7. The van der Waals surface area contributed by atoms with E-state index in [1.54, 1.807) is 60.9 Å². The molecule has 1 aliphatic rings. The van der Waals surface area contributed by atoms with Crippen LogP contribution in [0.4, 0.5) is 25.8 Å². The maximum atomic E-state index is 13.6. The van der Waals surface area contributed by atoms with Gasteiger partial charge < -0.3 is 20.9 Å². The number of hydrogen-bond donors (Lipinski definition) is 3. The Morgan fingerprint density at radius 2 is 1.94 bits per heavy atom. The van der Waals surface area contributed by atoms with Gasteiger partial charge in [-0.2, -0.15) is 8.78 Å². The highest BCUT2D eigenvalue weighted by Crippen LogP contribution is 2.39. The zero-order valence-electron chi connectivity index (χ0n) is 18.3. The van der Waals surface area contributed by atoms with Crippen molar-refractivity contribution in [3.05, 3.63) is 84.2 Å². The van der Waals surface area contributed by atoms with Gasteiger partial charge in [0.25, 0.3) is 5.91 Å². The van der Waals surface area contributed by atoms with E-state index in [1.165, 1.54) is 4.90 Å². The number of amides is 2. The van der Waals surface area contributed by atoms with E-state index in [4.69, 9.17) is 5.41 Å². The molecule has 174 valence electrons. The predicted octanol–water partition coefficient (Wildman–Crippen LogP) is 4.44. The van der Waals surface area contributed by atoms with Gasteiger partial charge >= 0.3 is 5.92 Å². The molecule has 34 heavy (non-hydrogen) atoms. The number of nitrogens with one attached hydrogen (secondary N) is 3. The fourth-order valence-electron chi connectivity index (χ4n) is 4.02. The molecule has 2 amide bonds. The first kappa shape index (κ1) is 23.0. The number of halogens is 2. The molecular formula is C25H23F2N5O2. The van der Waals surface area contributed by atoms with Crippen LogP contribution in [-0.2, 0) is 9.59 Å². The first-order valence-electron chi connectivity index (χ1n) is 10.7. The van der Waals surface area contributed by atoms with Crippen LogP contribution in [0.1, 0.15) is 30.5 Å². The minimum Gasteiger partial charge on any atom is -0.354 e. The van der Waals surface area contributed by atoms with Crippen molar-refractivity contribution in [2.45, 2.75) is 31.4 Å². The summed E-state index contributed by atoms with van der Waals surface area (Å²) in [6.45, 7) is 0.527. The third kappa shape index (κ3) is 4.78. The summed E-state index contributed by atoms with van der Waals surface area (Å²) in [5.74, 6) is -5.31. The van der Waals surface area contributed by atoms with Gasteiger partial charge in [-0.05, 0) is 35.9 Å². The first-order chi connectivity index (χ1) is 16.3. The normalized spacial score (nSPS) is 18.0. The van der Waals surface area contributed by atoms with Gasteiger partial charge in [0, 0.05) is 42.7 Å². The number of anilines is 3. The number of rotatable bonds is 7. The molecular weight excluding hydrogens is 440 g/mol. The number of carbonyl (C=O) groups excluding carboxylic acids is 2. The molecule has 0 saturated carbocycles. The SMILES string of the molecule is CC(F)(F)C(=O)N[C@H]1CC(=O)N(c2ccc(Nc3cccnc3)c(C=N)c2)[C@@H]1c1ccccc1. The zero-order valence-corrected chi connectivity index (χ0v) is 18.3. The van der Waals surface area contributed by atoms with Gasteiger partial charge in [0.15, 0.2) is 0 Å². The molecule has 1 aliphatic heterocycles. The molecule has 0 bridgehead atoms. The van der Waals surface area contributed by atoms with E-state index in [9.17, 15) is 18.4 Å². The molecule has 0 unspecified atom stereocenters. The fraction of sp³-hybridized carbons (Fsp3) is 0.200. The van der Waals surface area contributed by atoms with Crippen molar-refractivity contribution in [2.24, 2.45) is 0 Å². The molecule has 9 heteroatoms. The van der Waals surface area contributed by atoms with E-state index in [0.29, 0.717) is 29.4 Å². The molecule has 2 atom stereocenters. The summed E-state index contributed by atoms with van der Waals surface area (Å²) < 4.78 is 27.2. The minimum absolute atomic E-state index is 0.128. The Morgan fingerprint density at radius 3 is 2.59 bits per heavy atom. The number of aromatic nitrogens is 1. The van der Waals surface area contributed by atoms with Crippen LogP contribution in [-0.4, -0.2) is 35.0 Å². The molecule has 1 saturated heterocycles. The Labute approximate surface area is 195 Å². The van der Waals surface area contributed by atoms with E-state index in [-0.39, 0.29) is 12.3 Å². The van der Waals surface area contributed by atoms with Crippen LogP contribution in [0, 0.1) is 5.41 Å². The highest BCUT2D eigenvalue weighted by Gasteiger charge is 2.45. The topological polar surface area (TPSA) is 98.2 Å². The summed E-state index contributed by atoms with van der Waals surface area (Å²) in [6.07, 6.45) is 4.33. The molecule has 3 aromatic rings. The predicted molar refractivity (Wildman–Crippen MR) is 126 cm³/mol. The van der Waals surface area contributed by atoms with Gasteiger partial charge in [-0.1, -0.05) is 30.3 Å². The third-order valence-corrected chi connectivity index (χ3v) is 5.59. The molecule has 0 aliphatic carbocycles. The lowest BCUT2D eigenvalue weighted by atomic mass is 9.99. The lowest BCUT2D eigenvalue weighted by Crippen LogP contribution is -2.46. The average Bonchev–Trinajstić information content (AvgIpc) is 3.15. The molecule has 2 aromatic carbocycles. The molecule has 1 fully saturated rings. The second-order valence-corrected chi connectivity index (χ2v) is 8.07. The van der Waals surface area contributed by atoms with Crippen LogP contribution in [0.15, 0.2) is 73.1 Å². The largest absolute Gasteiger partial charge is 0.354 e. The summed E-state index contributed by atoms with van der Waals surface area (Å²) in [7, 11) is 0. The van der Waals surface area contributed by atoms with E-state index in [2.05, 4.69) is 15.6 Å². The maximum absolute atomic E-state index is 13.6. The summed E-state index contributed by atoms with van der Waals surface area (Å²) in [5, 5.41) is 13.4. The highest BCUT2D eigenvalue weighted by molar-refractivity contribution is 6.00. The minimum atomic E-state index is -3.56. The van der Waals surface area contributed by atoms with Crippen LogP contribution in [0.2, 0.25) is 0 Å². The second kappa shape index (κ2) is 9.38. The van der Waals surface area contributed by atoms with Crippen LogP contribution in [0.5, 0.6) is 0 Å². The number of pyridine rings is 1. The number of carbonyl (C=O) groups is 2. The lowest BCUT2D eigenvalue weighted by molar-refractivity contribution is -0.143. The van der Waals surface area contributed by atoms with Crippen molar-refractivity contribution in [2.75, 3.05) is 10.2 Å². The van der Waals surface area contributed by atoms with Gasteiger partial charge in [-0.25, -0.2) is 0 Å². The van der Waals surface area contributed by atoms with Crippen molar-refractivity contribution in [1.29, 1.82) is 5.41 Å². The van der Waals surface area contributed by atoms with E-state index in [1.807, 2.05) is 12.1 Å². The number of alkyl halides is 2. The Morgan fingerprint density at radius 1 is 1.18 bits per heavy atom. The van der Waals surface area contributed by atoms with Crippen molar-refractivity contribution < 1.29 is 18.4 Å². The summed E-state index contributed by atoms with van der Waals surface area (Å²) in [5.41, 5.74) is 3.10. The van der Waals surface area contributed by atoms with Crippen LogP contribution < -0.4 is 15.5 Å². The van der Waals surface area contributed by atoms with Gasteiger partial charge in [0.1, 0.15) is 0 Å². The van der Waals surface area contributed by atoms with Crippen LogP contribution in [0.25, 0.3) is 0 Å². The van der Waals surface area contributed by atoms with Crippen LogP contribution >= 0.6 is 0 Å². The standard InChI is InChI=1S/C25H23F2N5O2/c1-25(26,27)24(34)31-21-13-22(33)32(23(21)16-6-3-2-4-7-16)19-9-10-20(17(12-19)14-28)30-18-8-5-11-29-15-18/h2-12,14-15,21,23,28,30H,13H2,1H3,(H,31,34)/t21-,23+/m0/s1. The van der Waals surface area contributed by atoms with E-state index >= 15 is 0 Å². The monoisotopic (exact) mass is 463 g/mol. The van der Waals surface area contributed by atoms with Crippen LogP contribution in [0.3, 0.4) is 0 Å². The average molecular weight is 463 g/mol. The number of nitrogens with zero attached hydrogens (tertiary/aromatic N) is 2. The quantitative estimate of drug-likeness (QED) is 0.451. The van der Waals surface area contributed by atoms with Crippen molar-refractivity contribution in [1.82, 2.24) is 10.3 Å².